The van der Waals surface area contributed by atoms with E-state index in [1.807, 2.05) is 55.5 Å². The molecule has 35 heavy (non-hydrogen) atoms. The maximum absolute atomic E-state index is 12.8. The molecular weight excluding hydrogens is 464 g/mol. The van der Waals surface area contributed by atoms with Crippen LogP contribution in [0.2, 0.25) is 0 Å². The van der Waals surface area contributed by atoms with Crippen molar-refractivity contribution in [1.82, 2.24) is 15.1 Å². The van der Waals surface area contributed by atoms with E-state index in [9.17, 15) is 4.79 Å². The highest BCUT2D eigenvalue weighted by Crippen LogP contribution is 2.26. The summed E-state index contributed by atoms with van der Waals surface area (Å²) in [7, 11) is 0. The Bertz CT molecular complexity index is 1240. The molecule has 0 radical (unpaired) electrons. The Balaban J connectivity index is 1.75. The van der Waals surface area contributed by atoms with Crippen LogP contribution in [0.3, 0.4) is 0 Å². The van der Waals surface area contributed by atoms with Crippen LogP contribution in [0.4, 0.5) is 10.6 Å². The van der Waals surface area contributed by atoms with E-state index in [0.29, 0.717) is 11.6 Å². The zero-order valence-corrected chi connectivity index (χ0v) is 21.1. The van der Waals surface area contributed by atoms with Crippen molar-refractivity contribution in [3.05, 3.63) is 94.6 Å². The second kappa shape index (κ2) is 11.0. The van der Waals surface area contributed by atoms with E-state index in [0.717, 1.165) is 22.5 Å². The van der Waals surface area contributed by atoms with Crippen LogP contribution in [-0.2, 0) is 12.0 Å². The molecule has 0 saturated heterocycles. The van der Waals surface area contributed by atoms with Crippen LogP contribution in [0, 0.1) is 6.92 Å². The lowest BCUT2D eigenvalue weighted by Crippen LogP contribution is -2.29. The normalized spacial score (nSPS) is 12.4. The minimum absolute atomic E-state index is 0.0858. The number of ether oxygens (including phenoxy) is 1. The van der Waals surface area contributed by atoms with E-state index in [1.54, 1.807) is 10.7 Å². The molecule has 0 spiro atoms. The zero-order chi connectivity index (χ0) is 25.6. The van der Waals surface area contributed by atoms with Crippen LogP contribution in [0.15, 0.2) is 77.8 Å². The third-order valence-corrected chi connectivity index (χ3v) is 5.17. The summed E-state index contributed by atoms with van der Waals surface area (Å²) in [5.41, 5.74) is 14.7. The lowest BCUT2D eigenvalue weighted by molar-refractivity contribution is 0.251. The quantitative estimate of drug-likeness (QED) is 0.209. The number of aryl methyl sites for hydroxylation is 1. The number of allylic oxidation sites excluding steroid dienone is 2. The van der Waals surface area contributed by atoms with E-state index >= 15 is 0 Å². The Labute approximate surface area is 210 Å². The van der Waals surface area contributed by atoms with Gasteiger partial charge in [0, 0.05) is 29.7 Å². The summed E-state index contributed by atoms with van der Waals surface area (Å²) in [6.07, 6.45) is 2.88. The molecule has 0 atom stereocenters. The maximum Gasteiger partial charge on any atom is 0.320 e. The van der Waals surface area contributed by atoms with Crippen molar-refractivity contribution in [3.63, 3.8) is 0 Å². The minimum Gasteiger partial charge on any atom is -0.441 e. The first-order chi connectivity index (χ1) is 16.5. The highest BCUT2D eigenvalue weighted by Gasteiger charge is 2.21. The van der Waals surface area contributed by atoms with Gasteiger partial charge in [0.05, 0.1) is 16.5 Å². The van der Waals surface area contributed by atoms with Crippen molar-refractivity contribution in [2.24, 2.45) is 11.5 Å². The summed E-state index contributed by atoms with van der Waals surface area (Å²) < 4.78 is 7.40. The van der Waals surface area contributed by atoms with Gasteiger partial charge in [-0.15, -0.1) is 0 Å². The third-order valence-electron chi connectivity index (χ3n) is 5.04. The van der Waals surface area contributed by atoms with Crippen LogP contribution in [0.1, 0.15) is 37.6 Å². The predicted octanol–water partition coefficient (Wildman–Crippen LogP) is 5.02. The lowest BCUT2D eigenvalue weighted by Gasteiger charge is -2.14. The first-order valence-corrected chi connectivity index (χ1v) is 11.5. The van der Waals surface area contributed by atoms with Gasteiger partial charge in [0.1, 0.15) is 11.6 Å². The fourth-order valence-corrected chi connectivity index (χ4v) is 3.19. The predicted molar refractivity (Wildman–Crippen MR) is 140 cm³/mol. The summed E-state index contributed by atoms with van der Waals surface area (Å²) in [6, 6.07) is 16.7. The van der Waals surface area contributed by atoms with Crippen molar-refractivity contribution in [2.45, 2.75) is 39.7 Å². The molecule has 2 amide bonds. The number of nitrogens with zero attached hydrogens (tertiary/aromatic N) is 2. The first-order valence-electron chi connectivity index (χ1n) is 11.1. The molecule has 0 aliphatic heterocycles. The molecule has 3 rings (SSSR count). The smallest absolute Gasteiger partial charge is 0.320 e. The van der Waals surface area contributed by atoms with Gasteiger partial charge in [-0.25, -0.2) is 9.48 Å². The Morgan fingerprint density at radius 3 is 2.46 bits per heavy atom. The number of amides is 2. The van der Waals surface area contributed by atoms with E-state index in [2.05, 4.69) is 31.4 Å². The molecule has 0 saturated carbocycles. The highest BCUT2D eigenvalue weighted by atomic mass is 35.5. The zero-order valence-electron chi connectivity index (χ0n) is 20.3. The van der Waals surface area contributed by atoms with Crippen LogP contribution in [0.25, 0.3) is 5.69 Å². The van der Waals surface area contributed by atoms with Gasteiger partial charge >= 0.3 is 6.03 Å². The Hall–Kier alpha value is -3.91. The number of carbonyl (C=O) groups is 1. The number of anilines is 1. The van der Waals surface area contributed by atoms with Crippen molar-refractivity contribution in [1.29, 1.82) is 0 Å². The number of para-hydroxylation sites is 1. The number of carbonyl (C=O) groups excluding carboxylic acids is 1. The SMILES string of the molecule is Cc1ccc(-n2nc(C(C)(C)C)cc2NC(=O)NCc2ccccc2O/C(N)=C/C=C(\N)Cl)cc1. The van der Waals surface area contributed by atoms with E-state index in [1.165, 1.54) is 12.2 Å². The molecule has 8 nitrogen and oxygen atoms in total. The van der Waals surface area contributed by atoms with Gasteiger partial charge in [0.15, 0.2) is 5.88 Å². The molecule has 0 bridgehead atoms. The molecule has 184 valence electrons. The molecule has 6 N–H and O–H groups in total. The Kier molecular flexibility index (Phi) is 8.09. The van der Waals surface area contributed by atoms with Gasteiger partial charge in [-0.2, -0.15) is 5.10 Å². The molecule has 3 aromatic rings. The lowest BCUT2D eigenvalue weighted by atomic mass is 9.92. The van der Waals surface area contributed by atoms with Gasteiger partial charge in [-0.3, -0.25) is 5.32 Å². The van der Waals surface area contributed by atoms with Crippen molar-refractivity contribution in [3.8, 4) is 11.4 Å². The molecular formula is C26H31ClN6O2. The average Bonchev–Trinajstić information content (AvgIpc) is 3.22. The number of hydrogen-bond acceptors (Lipinski definition) is 5. The third kappa shape index (κ3) is 7.28. The largest absolute Gasteiger partial charge is 0.441 e. The number of urea groups is 1. The number of rotatable bonds is 7. The summed E-state index contributed by atoms with van der Waals surface area (Å²) in [6.45, 7) is 8.47. The van der Waals surface area contributed by atoms with Crippen molar-refractivity contribution >= 4 is 23.4 Å². The van der Waals surface area contributed by atoms with E-state index in [-0.39, 0.29) is 29.0 Å². The topological polar surface area (TPSA) is 120 Å². The molecule has 0 fully saturated rings. The van der Waals surface area contributed by atoms with Crippen molar-refractivity contribution in [2.75, 3.05) is 5.32 Å². The van der Waals surface area contributed by atoms with Gasteiger partial charge in [-0.1, -0.05) is 68.3 Å². The number of benzene rings is 2. The van der Waals surface area contributed by atoms with Gasteiger partial charge in [-0.05, 0) is 31.2 Å². The second-order valence-electron chi connectivity index (χ2n) is 9.05. The minimum atomic E-state index is -0.380. The summed E-state index contributed by atoms with van der Waals surface area (Å²) >= 11 is 5.61. The van der Waals surface area contributed by atoms with Gasteiger partial charge in [0.25, 0.3) is 0 Å². The van der Waals surface area contributed by atoms with Crippen LogP contribution >= 0.6 is 11.6 Å². The molecule has 1 heterocycles. The van der Waals surface area contributed by atoms with E-state index < -0.39 is 0 Å². The van der Waals surface area contributed by atoms with Crippen LogP contribution in [0.5, 0.6) is 5.75 Å². The van der Waals surface area contributed by atoms with E-state index in [4.69, 9.17) is 32.9 Å². The van der Waals surface area contributed by atoms with Crippen LogP contribution < -0.4 is 26.8 Å². The number of aromatic nitrogens is 2. The van der Waals surface area contributed by atoms with Crippen LogP contribution in [-0.4, -0.2) is 15.8 Å². The second-order valence-corrected chi connectivity index (χ2v) is 9.49. The number of hydrogen-bond donors (Lipinski definition) is 4. The maximum atomic E-state index is 12.8. The molecule has 9 heteroatoms. The first kappa shape index (κ1) is 25.7. The van der Waals surface area contributed by atoms with Gasteiger partial charge < -0.3 is 21.5 Å². The molecule has 0 aliphatic carbocycles. The fraction of sp³-hybridized carbons (Fsp3) is 0.231. The van der Waals surface area contributed by atoms with Crippen molar-refractivity contribution < 1.29 is 9.53 Å². The summed E-state index contributed by atoms with van der Waals surface area (Å²) in [4.78, 5) is 12.8. The summed E-state index contributed by atoms with van der Waals surface area (Å²) in [5.74, 6) is 1.18. The summed E-state index contributed by atoms with van der Waals surface area (Å²) in [5, 5.41) is 10.6. The fourth-order valence-electron chi connectivity index (χ4n) is 3.13. The molecule has 0 aliphatic rings. The number of nitrogens with one attached hydrogen (secondary N) is 2. The highest BCUT2D eigenvalue weighted by molar-refractivity contribution is 6.29. The van der Waals surface area contributed by atoms with Gasteiger partial charge in [0.2, 0.25) is 0 Å². The number of nitrogens with two attached hydrogens (primary N) is 2. The average molecular weight is 495 g/mol. The standard InChI is InChI=1S/C26H31ClN6O2/c1-17-9-11-19(12-10-17)33-24(15-21(32-33)26(2,3)4)31-25(34)30-16-18-7-5-6-8-20(18)35-23(29)14-13-22(27)28/h5-15H,16,28-29H2,1-4H3,(H2,30,31,34)/b22-13-,23-14+. The Morgan fingerprint density at radius 2 is 1.80 bits per heavy atom. The number of halogens is 1. The molecule has 0 unspecified atom stereocenters. The molecule has 1 aromatic heterocycles. The Morgan fingerprint density at radius 1 is 1.11 bits per heavy atom. The molecule has 2 aromatic carbocycles. The monoisotopic (exact) mass is 494 g/mol.